The second kappa shape index (κ2) is 25.0. The van der Waals surface area contributed by atoms with Gasteiger partial charge in [0.25, 0.3) is 11.8 Å². The van der Waals surface area contributed by atoms with Crippen LogP contribution in [0.3, 0.4) is 0 Å². The molecule has 3 fully saturated rings. The molecule has 5 aromatic rings. The Labute approximate surface area is 446 Å². The third kappa shape index (κ3) is 13.6. The van der Waals surface area contributed by atoms with Crippen LogP contribution in [0.2, 0.25) is 0 Å². The number of pyridine rings is 3. The van der Waals surface area contributed by atoms with Gasteiger partial charge in [-0.1, -0.05) is 24.3 Å². The van der Waals surface area contributed by atoms with Crippen molar-refractivity contribution in [1.29, 1.82) is 0 Å². The summed E-state index contributed by atoms with van der Waals surface area (Å²) in [5.74, 6) is -1.01. The molecule has 1 saturated carbocycles. The molecular weight excluding hydrogens is 1020 g/mol. The number of rotatable bonds is 18. The van der Waals surface area contributed by atoms with E-state index < -0.39 is 17.6 Å². The zero-order valence-corrected chi connectivity index (χ0v) is 42.6. The first kappa shape index (κ1) is 54.7. The number of ether oxygens (including phenoxy) is 3. The second-order valence-corrected chi connectivity index (χ2v) is 19.3. The average molecular weight is 1080 g/mol. The lowest BCUT2D eigenvalue weighted by molar-refractivity contribution is -0.137. The van der Waals surface area contributed by atoms with Crippen LogP contribution in [0, 0.1) is 0 Å². The predicted octanol–water partition coefficient (Wildman–Crippen LogP) is 4.59. The third-order valence-electron chi connectivity index (χ3n) is 13.9. The highest BCUT2D eigenvalue weighted by molar-refractivity contribution is 6.06. The maximum absolute atomic E-state index is 13.5. The summed E-state index contributed by atoms with van der Waals surface area (Å²) in [5, 5.41) is 16.4. The Morgan fingerprint density at radius 2 is 1.58 bits per heavy atom. The molecule has 25 heteroatoms. The Balaban J connectivity index is 0.706. The molecule has 0 spiro atoms. The van der Waals surface area contributed by atoms with Gasteiger partial charge in [0.15, 0.2) is 0 Å². The van der Waals surface area contributed by atoms with Crippen LogP contribution in [0.5, 0.6) is 0 Å². The molecule has 7 amide bonds. The summed E-state index contributed by atoms with van der Waals surface area (Å²) in [6.07, 6.45) is 7.03. The van der Waals surface area contributed by atoms with Crippen LogP contribution in [0.1, 0.15) is 82.8 Å². The molecule has 78 heavy (non-hydrogen) atoms. The summed E-state index contributed by atoms with van der Waals surface area (Å²) in [7, 11) is 0. The first-order chi connectivity index (χ1) is 37.7. The van der Waals surface area contributed by atoms with Crippen molar-refractivity contribution < 1.29 is 56.1 Å². The molecule has 2 atom stereocenters. The molecule has 0 radical (unpaired) electrons. The fourth-order valence-corrected chi connectivity index (χ4v) is 9.82. The van der Waals surface area contributed by atoms with Gasteiger partial charge in [0.1, 0.15) is 23.1 Å². The number of alkyl halides is 3. The first-order valence-electron chi connectivity index (χ1n) is 25.9. The molecule has 1 aromatic carbocycles. The lowest BCUT2D eigenvalue weighted by atomic mass is 9.90. The standard InChI is InChI=1S/C53H60F3N13O9/c54-53(55,56)37-13-16-58-41(26-37)63-51(74)34-9-7-33(8-10-34)47-46-48-35(28-61-49(46)57)4-1-2-18-66(32-44(71)62-38-5-3-6-39(27-38)69(48)65-47)45(72)15-20-76-22-24-78-25-23-77-21-17-59-50(73)36-11-12-42(60-29-36)67-30-40(31-67)68-19-14-43(70)64-52(68)75/h1,4,7-13,16,26,28-29,38-40H,2-3,5-6,14-15,17-25,27,30-32H2,(H2,57,61)(H,59,73)(H,62,71)(H,58,63,74)(H,64,70,75)/b4-1+/t38-,39-/m1/s1. The number of hydrogen-bond acceptors (Lipinski definition) is 15. The molecule has 4 aromatic heterocycles. The summed E-state index contributed by atoms with van der Waals surface area (Å²) in [5.41, 5.74) is 8.87. The maximum Gasteiger partial charge on any atom is 0.416 e. The Bertz CT molecular complexity index is 3020. The smallest absolute Gasteiger partial charge is 0.383 e. The van der Waals surface area contributed by atoms with Crippen molar-refractivity contribution in [3.63, 3.8) is 0 Å². The lowest BCUT2D eigenvalue weighted by Gasteiger charge is -2.46. The summed E-state index contributed by atoms with van der Waals surface area (Å²) in [4.78, 5) is 94.3. The molecule has 2 bridgehead atoms. The number of carbonyl (C=O) groups excluding carboxylic acids is 6. The van der Waals surface area contributed by atoms with Gasteiger partial charge in [0.05, 0.1) is 86.7 Å². The Kier molecular flexibility index (Phi) is 17.5. The molecule has 412 valence electrons. The van der Waals surface area contributed by atoms with Gasteiger partial charge in [-0.3, -0.25) is 34.0 Å². The SMILES string of the molecule is Nc1ncc2c3c1c(-c1ccc(C(=O)Nc4cc(C(F)(F)F)ccn4)cc1)nn3[C@@H]1CCC[C@H](C1)NC(=O)CN(C(=O)CCOCCOCCOCCNC(=O)c1ccc(N3CC(N4CCC(=O)NC4=O)C3)nc1)CC/C=C/2. The molecule has 1 aliphatic carbocycles. The van der Waals surface area contributed by atoms with E-state index in [0.29, 0.717) is 73.7 Å². The number of benzene rings is 1. The van der Waals surface area contributed by atoms with E-state index in [1.807, 2.05) is 21.7 Å². The number of carbonyl (C=O) groups is 6. The number of amides is 7. The van der Waals surface area contributed by atoms with Gasteiger partial charge < -0.3 is 50.6 Å². The normalized spacial score (nSPS) is 18.7. The lowest BCUT2D eigenvalue weighted by Crippen LogP contribution is -2.65. The van der Waals surface area contributed by atoms with Crippen LogP contribution in [0.15, 0.2) is 73.2 Å². The van der Waals surface area contributed by atoms with E-state index in [9.17, 15) is 41.9 Å². The van der Waals surface area contributed by atoms with Crippen LogP contribution in [-0.2, 0) is 34.8 Å². The zero-order valence-electron chi connectivity index (χ0n) is 42.6. The largest absolute Gasteiger partial charge is 0.416 e. The van der Waals surface area contributed by atoms with E-state index in [4.69, 9.17) is 25.0 Å². The highest BCUT2D eigenvalue weighted by atomic mass is 19.4. The van der Waals surface area contributed by atoms with Crippen LogP contribution in [0.25, 0.3) is 28.2 Å². The predicted molar refractivity (Wildman–Crippen MR) is 279 cm³/mol. The Morgan fingerprint density at radius 1 is 0.821 bits per heavy atom. The number of hydrogen-bond donors (Lipinski definition) is 5. The fourth-order valence-electron chi connectivity index (χ4n) is 9.82. The van der Waals surface area contributed by atoms with Gasteiger partial charge in [0.2, 0.25) is 17.7 Å². The van der Waals surface area contributed by atoms with Crippen LogP contribution < -0.4 is 31.9 Å². The second-order valence-electron chi connectivity index (χ2n) is 19.3. The van der Waals surface area contributed by atoms with Crippen LogP contribution in [0.4, 0.5) is 35.4 Å². The summed E-state index contributed by atoms with van der Waals surface area (Å²) < 4.78 is 58.6. The third-order valence-corrected chi connectivity index (χ3v) is 13.9. The van der Waals surface area contributed by atoms with Gasteiger partial charge in [-0.25, -0.2) is 19.7 Å². The van der Waals surface area contributed by atoms with Gasteiger partial charge in [-0.15, -0.1) is 0 Å². The van der Waals surface area contributed by atoms with Gasteiger partial charge >= 0.3 is 12.2 Å². The van der Waals surface area contributed by atoms with Crippen LogP contribution >= 0.6 is 0 Å². The fraction of sp³-hybridized carbons (Fsp3) is 0.434. The van der Waals surface area contributed by atoms with Crippen molar-refractivity contribution in [3.8, 4) is 11.3 Å². The van der Waals surface area contributed by atoms with Gasteiger partial charge in [0, 0.05) is 80.5 Å². The molecule has 6 N–H and O–H groups in total. The highest BCUT2D eigenvalue weighted by Crippen LogP contribution is 2.39. The Morgan fingerprint density at radius 3 is 2.32 bits per heavy atom. The van der Waals surface area contributed by atoms with E-state index in [0.717, 1.165) is 48.7 Å². The molecule has 2 saturated heterocycles. The number of nitrogens with one attached hydrogen (secondary N) is 4. The molecule has 3 aliphatic heterocycles. The number of aromatic nitrogens is 5. The van der Waals surface area contributed by atoms with Gasteiger partial charge in [-0.2, -0.15) is 18.3 Å². The summed E-state index contributed by atoms with van der Waals surface area (Å²) in [6.45, 7) is 3.52. The monoisotopic (exact) mass is 1080 g/mol. The summed E-state index contributed by atoms with van der Waals surface area (Å²) >= 11 is 0. The number of nitrogens with zero attached hydrogens (tertiary/aromatic N) is 8. The average Bonchev–Trinajstić information content (AvgIpc) is 3.92. The van der Waals surface area contributed by atoms with E-state index in [1.54, 1.807) is 47.5 Å². The van der Waals surface area contributed by atoms with Gasteiger partial charge in [-0.05, 0) is 68.5 Å². The number of imide groups is 1. The molecule has 4 aliphatic rings. The first-order valence-corrected chi connectivity index (χ1v) is 25.9. The molecular formula is C53H60F3N13O9. The number of nitrogens with two attached hydrogens (primary N) is 1. The minimum atomic E-state index is -4.60. The van der Waals surface area contributed by atoms with E-state index >= 15 is 0 Å². The minimum Gasteiger partial charge on any atom is -0.383 e. The van der Waals surface area contributed by atoms with Crippen LogP contribution in [-0.4, -0.2) is 161 Å². The maximum atomic E-state index is 13.5. The summed E-state index contributed by atoms with van der Waals surface area (Å²) in [6, 6.07) is 10.8. The van der Waals surface area contributed by atoms with E-state index in [-0.39, 0.29) is 124 Å². The van der Waals surface area contributed by atoms with Crippen molar-refractivity contribution >= 4 is 70.0 Å². The van der Waals surface area contributed by atoms with E-state index in [1.165, 1.54) is 11.1 Å². The van der Waals surface area contributed by atoms with Crippen molar-refractivity contribution in [2.45, 2.75) is 69.2 Å². The topological polar surface area (TPSA) is 270 Å². The van der Waals surface area contributed by atoms with Crippen molar-refractivity contribution in [1.82, 2.24) is 50.5 Å². The Hall–Kier alpha value is -8.03. The number of urea groups is 1. The number of anilines is 3. The minimum absolute atomic E-state index is 0.00341. The number of nitrogen functional groups attached to an aromatic ring is 1. The highest BCUT2D eigenvalue weighted by Gasteiger charge is 2.38. The van der Waals surface area contributed by atoms with Crippen molar-refractivity contribution in [2.75, 3.05) is 94.9 Å². The quantitative estimate of drug-likeness (QED) is 0.0752. The van der Waals surface area contributed by atoms with Crippen molar-refractivity contribution in [2.24, 2.45) is 0 Å². The van der Waals surface area contributed by atoms with E-state index in [2.05, 4.69) is 36.2 Å². The molecule has 22 nitrogen and oxygen atoms in total. The number of halogens is 3. The number of fused-ring (bicyclic) bond motifs is 3. The molecule has 0 unspecified atom stereocenters. The molecule has 9 rings (SSSR count). The molecule has 7 heterocycles. The zero-order chi connectivity index (χ0) is 54.8. The van der Waals surface area contributed by atoms with Crippen molar-refractivity contribution in [3.05, 3.63) is 95.5 Å².